The summed E-state index contributed by atoms with van der Waals surface area (Å²) in [7, 11) is 1.75. The van der Waals surface area contributed by atoms with Crippen molar-refractivity contribution in [2.45, 2.75) is 19.4 Å². The molecule has 110 valence electrons. The molecule has 0 radical (unpaired) electrons. The highest BCUT2D eigenvalue weighted by atomic mass is 35.5. The van der Waals surface area contributed by atoms with Crippen LogP contribution in [0.15, 0.2) is 42.5 Å². The Kier molecular flexibility index (Phi) is 5.53. The molecule has 1 amide bonds. The molecule has 5 heteroatoms. The largest absolute Gasteiger partial charge is 0.341 e. The Bertz CT molecular complexity index is 624. The average Bonchev–Trinajstić information content (AvgIpc) is 2.92. The molecule has 3 nitrogen and oxygen atoms in total. The van der Waals surface area contributed by atoms with Crippen LogP contribution in [0.3, 0.4) is 0 Å². The predicted molar refractivity (Wildman–Crippen MR) is 85.8 cm³/mol. The number of ketones is 1. The Hall–Kier alpha value is -1.65. The number of amides is 1. The summed E-state index contributed by atoms with van der Waals surface area (Å²) >= 11 is 7.05. The Labute approximate surface area is 133 Å². The number of hydrogen-bond acceptors (Lipinski definition) is 3. The van der Waals surface area contributed by atoms with Crippen molar-refractivity contribution in [3.63, 3.8) is 0 Å². The van der Waals surface area contributed by atoms with E-state index in [4.69, 9.17) is 11.6 Å². The van der Waals surface area contributed by atoms with E-state index in [0.717, 1.165) is 5.56 Å². The lowest BCUT2D eigenvalue weighted by atomic mass is 10.1. The first-order chi connectivity index (χ1) is 10.1. The molecule has 1 aromatic heterocycles. The van der Waals surface area contributed by atoms with E-state index in [0.29, 0.717) is 15.8 Å². The molecule has 0 saturated carbocycles. The van der Waals surface area contributed by atoms with Crippen LogP contribution >= 0.6 is 22.9 Å². The number of rotatable bonds is 6. The van der Waals surface area contributed by atoms with Crippen LogP contribution in [0.2, 0.25) is 4.34 Å². The number of Topliss-reactive ketones (excluding diaryl/α,β-unsaturated/α-hetero) is 1. The van der Waals surface area contributed by atoms with Gasteiger partial charge in [-0.15, -0.1) is 11.3 Å². The molecule has 2 rings (SSSR count). The summed E-state index contributed by atoms with van der Waals surface area (Å²) in [6.07, 6.45) is 0.437. The third-order valence-corrected chi connectivity index (χ3v) is 4.37. The molecule has 0 aliphatic rings. The van der Waals surface area contributed by atoms with Crippen LogP contribution in [-0.2, 0) is 11.3 Å². The third-order valence-electron chi connectivity index (χ3n) is 3.10. The molecule has 0 unspecified atom stereocenters. The third kappa shape index (κ3) is 4.69. The Balaban J connectivity index is 1.82. The van der Waals surface area contributed by atoms with Crippen molar-refractivity contribution in [3.05, 3.63) is 57.2 Å². The monoisotopic (exact) mass is 321 g/mol. The SMILES string of the molecule is CN(Cc1ccccc1)C(=O)CCC(=O)c1ccc(Cl)s1. The molecular formula is C16H16ClNO2S. The van der Waals surface area contributed by atoms with Gasteiger partial charge in [-0.1, -0.05) is 41.9 Å². The first-order valence-corrected chi connectivity index (χ1v) is 7.82. The number of benzene rings is 1. The molecule has 1 heterocycles. The summed E-state index contributed by atoms with van der Waals surface area (Å²) in [4.78, 5) is 26.2. The first kappa shape index (κ1) is 15.7. The van der Waals surface area contributed by atoms with Gasteiger partial charge in [0.05, 0.1) is 9.21 Å². The van der Waals surface area contributed by atoms with Crippen LogP contribution in [0.5, 0.6) is 0 Å². The molecule has 0 atom stereocenters. The summed E-state index contributed by atoms with van der Waals surface area (Å²) in [5, 5.41) is 0. The van der Waals surface area contributed by atoms with Gasteiger partial charge in [0.15, 0.2) is 5.78 Å². The fourth-order valence-electron chi connectivity index (χ4n) is 1.94. The minimum Gasteiger partial charge on any atom is -0.341 e. The van der Waals surface area contributed by atoms with Crippen LogP contribution in [0, 0.1) is 0 Å². The van der Waals surface area contributed by atoms with E-state index >= 15 is 0 Å². The summed E-state index contributed by atoms with van der Waals surface area (Å²) in [6, 6.07) is 13.2. The predicted octanol–water partition coefficient (Wildman–Crippen LogP) is 4.02. The van der Waals surface area contributed by atoms with E-state index in [2.05, 4.69) is 0 Å². The fraction of sp³-hybridized carbons (Fsp3) is 0.250. The van der Waals surface area contributed by atoms with Gasteiger partial charge in [-0.3, -0.25) is 9.59 Å². The number of carbonyl (C=O) groups excluding carboxylic acids is 2. The van der Waals surface area contributed by atoms with Gasteiger partial charge in [-0.05, 0) is 17.7 Å². The van der Waals surface area contributed by atoms with Gasteiger partial charge >= 0.3 is 0 Å². The molecular weight excluding hydrogens is 306 g/mol. The highest BCUT2D eigenvalue weighted by Gasteiger charge is 2.14. The fourth-order valence-corrected chi connectivity index (χ4v) is 2.95. The van der Waals surface area contributed by atoms with Gasteiger partial charge in [-0.2, -0.15) is 0 Å². The molecule has 0 spiro atoms. The summed E-state index contributed by atoms with van der Waals surface area (Å²) < 4.78 is 0.589. The van der Waals surface area contributed by atoms with Crippen molar-refractivity contribution in [1.82, 2.24) is 4.90 Å². The molecule has 0 N–H and O–H groups in total. The van der Waals surface area contributed by atoms with Crippen LogP contribution < -0.4 is 0 Å². The number of halogens is 1. The van der Waals surface area contributed by atoms with Crippen molar-refractivity contribution in [3.8, 4) is 0 Å². The topological polar surface area (TPSA) is 37.4 Å². The smallest absolute Gasteiger partial charge is 0.223 e. The van der Waals surface area contributed by atoms with Crippen molar-refractivity contribution >= 4 is 34.6 Å². The zero-order valence-electron chi connectivity index (χ0n) is 11.7. The standard InChI is InChI=1S/C16H16ClNO2S/c1-18(11-12-5-3-2-4-6-12)16(20)10-7-13(19)14-8-9-15(17)21-14/h2-6,8-9H,7,10-11H2,1H3. The van der Waals surface area contributed by atoms with E-state index in [1.807, 2.05) is 30.3 Å². The molecule has 0 bridgehead atoms. The summed E-state index contributed by atoms with van der Waals surface area (Å²) in [5.41, 5.74) is 1.07. The van der Waals surface area contributed by atoms with Crippen LogP contribution in [0.25, 0.3) is 0 Å². The number of carbonyl (C=O) groups is 2. The second-order valence-corrected chi connectivity index (χ2v) is 6.48. The van der Waals surface area contributed by atoms with Crippen LogP contribution in [0.4, 0.5) is 0 Å². The average molecular weight is 322 g/mol. The molecule has 0 aliphatic heterocycles. The van der Waals surface area contributed by atoms with Gasteiger partial charge in [-0.25, -0.2) is 0 Å². The van der Waals surface area contributed by atoms with Crippen LogP contribution in [0.1, 0.15) is 28.1 Å². The lowest BCUT2D eigenvalue weighted by Gasteiger charge is -2.17. The van der Waals surface area contributed by atoms with Gasteiger partial charge in [0.1, 0.15) is 0 Å². The van der Waals surface area contributed by atoms with E-state index in [1.54, 1.807) is 24.1 Å². The van der Waals surface area contributed by atoms with Crippen LogP contribution in [-0.4, -0.2) is 23.6 Å². The minimum atomic E-state index is -0.0339. The lowest BCUT2D eigenvalue weighted by Crippen LogP contribution is -2.26. The van der Waals surface area contributed by atoms with Crippen molar-refractivity contribution in [2.24, 2.45) is 0 Å². The lowest BCUT2D eigenvalue weighted by molar-refractivity contribution is -0.130. The maximum absolute atomic E-state index is 12.0. The molecule has 0 fully saturated rings. The first-order valence-electron chi connectivity index (χ1n) is 6.62. The second-order valence-electron chi connectivity index (χ2n) is 4.76. The molecule has 0 aliphatic carbocycles. The van der Waals surface area contributed by atoms with Gasteiger partial charge in [0, 0.05) is 26.4 Å². The van der Waals surface area contributed by atoms with E-state index in [1.165, 1.54) is 11.3 Å². The van der Waals surface area contributed by atoms with Crippen molar-refractivity contribution in [2.75, 3.05) is 7.05 Å². The maximum Gasteiger partial charge on any atom is 0.223 e. The maximum atomic E-state index is 12.0. The van der Waals surface area contributed by atoms with Gasteiger partial charge < -0.3 is 4.90 Å². The van der Waals surface area contributed by atoms with Gasteiger partial charge in [0.2, 0.25) is 5.91 Å². The van der Waals surface area contributed by atoms with Gasteiger partial charge in [0.25, 0.3) is 0 Å². The second kappa shape index (κ2) is 7.38. The minimum absolute atomic E-state index is 0.0325. The zero-order chi connectivity index (χ0) is 15.2. The zero-order valence-corrected chi connectivity index (χ0v) is 13.3. The summed E-state index contributed by atoms with van der Waals surface area (Å²) in [5.74, 6) is -0.0665. The van der Waals surface area contributed by atoms with E-state index < -0.39 is 0 Å². The van der Waals surface area contributed by atoms with Crippen molar-refractivity contribution < 1.29 is 9.59 Å². The van der Waals surface area contributed by atoms with E-state index in [-0.39, 0.29) is 24.5 Å². The van der Waals surface area contributed by atoms with Crippen molar-refractivity contribution in [1.29, 1.82) is 0 Å². The quantitative estimate of drug-likeness (QED) is 0.753. The highest BCUT2D eigenvalue weighted by Crippen LogP contribution is 2.23. The highest BCUT2D eigenvalue weighted by molar-refractivity contribution is 7.18. The normalized spacial score (nSPS) is 10.4. The molecule has 2 aromatic rings. The number of hydrogen-bond donors (Lipinski definition) is 0. The number of thiophene rings is 1. The van der Waals surface area contributed by atoms with E-state index in [9.17, 15) is 9.59 Å². The Morgan fingerprint density at radius 1 is 1.10 bits per heavy atom. The molecule has 0 saturated heterocycles. The molecule has 1 aromatic carbocycles. The number of nitrogens with zero attached hydrogens (tertiary/aromatic N) is 1. The Morgan fingerprint density at radius 3 is 2.43 bits per heavy atom. The Morgan fingerprint density at radius 2 is 1.81 bits per heavy atom. The molecule has 21 heavy (non-hydrogen) atoms. The summed E-state index contributed by atoms with van der Waals surface area (Å²) in [6.45, 7) is 0.554.